The maximum atomic E-state index is 3.65. The highest BCUT2D eigenvalue weighted by atomic mass is 14.8. The van der Waals surface area contributed by atoms with E-state index in [0.717, 1.165) is 13.0 Å². The van der Waals surface area contributed by atoms with E-state index in [1.807, 2.05) is 12.3 Å². The molecule has 0 atom stereocenters. The van der Waals surface area contributed by atoms with Gasteiger partial charge in [-0.2, -0.15) is 0 Å². The van der Waals surface area contributed by atoms with Crippen molar-refractivity contribution >= 4 is 0 Å². The fraction of sp³-hybridized carbons (Fsp3) is 0.250. The molecule has 0 aromatic carbocycles. The molecule has 0 fully saturated rings. The molecule has 48 valence electrons. The maximum Gasteiger partial charge on any atom is 0.0328 e. The van der Waals surface area contributed by atoms with Gasteiger partial charge in [-0.25, -0.2) is 0 Å². The van der Waals surface area contributed by atoms with Crippen LogP contribution in [-0.2, 0) is 0 Å². The van der Waals surface area contributed by atoms with E-state index in [2.05, 4.69) is 24.0 Å². The zero-order chi connectivity index (χ0) is 6.53. The summed E-state index contributed by atoms with van der Waals surface area (Å²) in [6.45, 7) is 4.61. The van der Waals surface area contributed by atoms with E-state index < -0.39 is 0 Å². The van der Waals surface area contributed by atoms with Crippen LogP contribution >= 0.6 is 0 Å². The zero-order valence-corrected chi connectivity index (χ0v) is 5.43. The van der Waals surface area contributed by atoms with Crippen LogP contribution < -0.4 is 5.32 Å². The predicted molar refractivity (Wildman–Crippen MR) is 40.0 cm³/mol. The number of hydrogen-bond donors (Lipinski definition) is 1. The molecule has 0 aromatic heterocycles. The first-order valence-electron chi connectivity index (χ1n) is 3.13. The summed E-state index contributed by atoms with van der Waals surface area (Å²) in [4.78, 5) is 0. The Balaban J connectivity index is 2.47. The minimum atomic E-state index is 0.959. The van der Waals surface area contributed by atoms with Gasteiger partial charge in [-0.05, 0) is 12.0 Å². The van der Waals surface area contributed by atoms with Gasteiger partial charge >= 0.3 is 0 Å². The van der Waals surface area contributed by atoms with Crippen molar-refractivity contribution in [2.45, 2.75) is 6.42 Å². The van der Waals surface area contributed by atoms with Crippen molar-refractivity contribution < 1.29 is 0 Å². The lowest BCUT2D eigenvalue weighted by atomic mass is 10.1. The van der Waals surface area contributed by atoms with Gasteiger partial charge in [0.05, 0.1) is 0 Å². The fourth-order valence-electron chi connectivity index (χ4n) is 0.810. The van der Waals surface area contributed by atoms with Crippen molar-refractivity contribution in [3.8, 4) is 0 Å². The lowest BCUT2D eigenvalue weighted by molar-refractivity contribution is 0.944. The molecule has 0 saturated carbocycles. The van der Waals surface area contributed by atoms with Gasteiger partial charge < -0.3 is 5.32 Å². The van der Waals surface area contributed by atoms with E-state index in [9.17, 15) is 0 Å². The molecule has 1 rings (SSSR count). The minimum absolute atomic E-state index is 0.959. The topological polar surface area (TPSA) is 12.0 Å². The van der Waals surface area contributed by atoms with Gasteiger partial charge in [0.15, 0.2) is 0 Å². The summed E-state index contributed by atoms with van der Waals surface area (Å²) < 4.78 is 0. The molecule has 1 aliphatic heterocycles. The highest BCUT2D eigenvalue weighted by molar-refractivity contribution is 5.23. The second-order valence-corrected chi connectivity index (χ2v) is 2.02. The summed E-state index contributed by atoms with van der Waals surface area (Å²) in [5.74, 6) is 0. The Bertz CT molecular complexity index is 154. The van der Waals surface area contributed by atoms with Crippen molar-refractivity contribution in [3.63, 3.8) is 0 Å². The second-order valence-electron chi connectivity index (χ2n) is 2.02. The van der Waals surface area contributed by atoms with Crippen LogP contribution in [0.4, 0.5) is 0 Å². The number of nitrogens with one attached hydrogen (secondary N) is 1. The van der Waals surface area contributed by atoms with E-state index in [4.69, 9.17) is 0 Å². The van der Waals surface area contributed by atoms with Gasteiger partial charge in [-0.15, -0.1) is 6.58 Å². The molecular weight excluding hydrogens is 110 g/mol. The van der Waals surface area contributed by atoms with Crippen LogP contribution in [0.5, 0.6) is 0 Å². The standard InChI is InChI=1S/C8H11N/c1-2-4-8-5-3-6-9-7-8/h2-3,5,7,9H,1,4,6H2. The molecule has 9 heavy (non-hydrogen) atoms. The summed E-state index contributed by atoms with van der Waals surface area (Å²) in [7, 11) is 0. The van der Waals surface area contributed by atoms with Gasteiger partial charge in [0.2, 0.25) is 0 Å². The third-order valence-electron chi connectivity index (χ3n) is 1.24. The van der Waals surface area contributed by atoms with E-state index in [-0.39, 0.29) is 0 Å². The Kier molecular flexibility index (Phi) is 2.13. The average molecular weight is 121 g/mol. The third-order valence-corrected chi connectivity index (χ3v) is 1.24. The van der Waals surface area contributed by atoms with Crippen LogP contribution in [0.15, 0.2) is 36.6 Å². The van der Waals surface area contributed by atoms with Crippen molar-refractivity contribution in [1.29, 1.82) is 0 Å². The van der Waals surface area contributed by atoms with Crippen LogP contribution in [0.25, 0.3) is 0 Å². The van der Waals surface area contributed by atoms with Crippen LogP contribution in [0.1, 0.15) is 6.42 Å². The summed E-state index contributed by atoms with van der Waals surface area (Å²) in [6.07, 6.45) is 9.13. The average Bonchev–Trinajstić information content (AvgIpc) is 1.91. The first-order chi connectivity index (χ1) is 4.43. The molecule has 1 heterocycles. The molecule has 0 aliphatic carbocycles. The Labute approximate surface area is 55.8 Å². The fourth-order valence-corrected chi connectivity index (χ4v) is 0.810. The van der Waals surface area contributed by atoms with Crippen LogP contribution in [-0.4, -0.2) is 6.54 Å². The first-order valence-corrected chi connectivity index (χ1v) is 3.13. The number of dihydropyridines is 1. The number of rotatable bonds is 2. The van der Waals surface area contributed by atoms with Gasteiger partial charge in [0, 0.05) is 12.7 Å². The monoisotopic (exact) mass is 121 g/mol. The quantitative estimate of drug-likeness (QED) is 0.547. The number of allylic oxidation sites excluding steroid dienone is 3. The lowest BCUT2D eigenvalue weighted by Gasteiger charge is -2.04. The molecule has 0 bridgehead atoms. The van der Waals surface area contributed by atoms with Gasteiger partial charge in [0.25, 0.3) is 0 Å². The minimum Gasteiger partial charge on any atom is -0.387 e. The molecule has 0 saturated heterocycles. The zero-order valence-electron chi connectivity index (χ0n) is 5.43. The molecule has 1 aliphatic rings. The van der Waals surface area contributed by atoms with E-state index in [1.54, 1.807) is 0 Å². The van der Waals surface area contributed by atoms with E-state index >= 15 is 0 Å². The predicted octanol–water partition coefficient (Wildman–Crippen LogP) is 1.61. The smallest absolute Gasteiger partial charge is 0.0328 e. The molecule has 0 radical (unpaired) electrons. The van der Waals surface area contributed by atoms with Crippen LogP contribution in [0.3, 0.4) is 0 Å². The van der Waals surface area contributed by atoms with Crippen molar-refractivity contribution in [1.82, 2.24) is 5.32 Å². The summed E-state index contributed by atoms with van der Waals surface area (Å²) >= 11 is 0. The summed E-state index contributed by atoms with van der Waals surface area (Å²) in [5.41, 5.74) is 1.30. The molecule has 0 unspecified atom stereocenters. The normalized spacial score (nSPS) is 16.2. The van der Waals surface area contributed by atoms with Crippen molar-refractivity contribution in [3.05, 3.63) is 36.6 Å². The van der Waals surface area contributed by atoms with Crippen LogP contribution in [0, 0.1) is 0 Å². The molecule has 1 N–H and O–H groups in total. The largest absolute Gasteiger partial charge is 0.387 e. The maximum absolute atomic E-state index is 3.65. The first kappa shape index (κ1) is 6.14. The second kappa shape index (κ2) is 3.13. The Morgan fingerprint density at radius 2 is 2.67 bits per heavy atom. The molecular formula is C8H11N. The van der Waals surface area contributed by atoms with Crippen molar-refractivity contribution in [2.24, 2.45) is 0 Å². The van der Waals surface area contributed by atoms with Crippen LogP contribution in [0.2, 0.25) is 0 Å². The van der Waals surface area contributed by atoms with Crippen molar-refractivity contribution in [2.75, 3.05) is 6.54 Å². The summed E-state index contributed by atoms with van der Waals surface area (Å²) in [6, 6.07) is 0. The molecule has 1 nitrogen and oxygen atoms in total. The molecule has 0 aromatic rings. The molecule has 0 amide bonds. The van der Waals surface area contributed by atoms with Gasteiger partial charge in [-0.1, -0.05) is 18.2 Å². The Morgan fingerprint density at radius 1 is 1.78 bits per heavy atom. The SMILES string of the molecule is C=CCC1=CNCC=C1. The summed E-state index contributed by atoms with van der Waals surface area (Å²) in [5, 5.41) is 3.12. The lowest BCUT2D eigenvalue weighted by Crippen LogP contribution is -2.08. The highest BCUT2D eigenvalue weighted by Crippen LogP contribution is 2.04. The highest BCUT2D eigenvalue weighted by Gasteiger charge is 1.90. The van der Waals surface area contributed by atoms with Gasteiger partial charge in [-0.3, -0.25) is 0 Å². The Morgan fingerprint density at radius 3 is 3.22 bits per heavy atom. The molecule has 1 heteroatoms. The number of hydrogen-bond acceptors (Lipinski definition) is 1. The Hall–Kier alpha value is -0.980. The van der Waals surface area contributed by atoms with E-state index in [1.165, 1.54) is 5.57 Å². The van der Waals surface area contributed by atoms with E-state index in [0.29, 0.717) is 0 Å². The third kappa shape index (κ3) is 1.76. The van der Waals surface area contributed by atoms with Gasteiger partial charge in [0.1, 0.15) is 0 Å². The molecule has 0 spiro atoms.